The van der Waals surface area contributed by atoms with Crippen LogP contribution >= 0.6 is 0 Å². The van der Waals surface area contributed by atoms with E-state index in [0.717, 1.165) is 60.7 Å². The van der Waals surface area contributed by atoms with E-state index < -0.39 is 11.9 Å². The Morgan fingerprint density at radius 3 is 2.71 bits per heavy atom. The Kier molecular flexibility index (Phi) is 6.59. The quantitative estimate of drug-likeness (QED) is 0.613. The zero-order valence-electron chi connectivity index (χ0n) is 18.9. The standard InChI is InChI=1S/C26H33NO4/c1-16(2)18-13-12-17(3)14-23(18)31-24(28)15-30-26(29)25-19-8-4-6-10-21(19)27-22-11-7-5-9-20(22)25/h4,6,8,10,16-18,23H,5,7,9,11-15H2,1-3H3/t17-,18-,23+/m1/s1. The number of pyridine rings is 1. The van der Waals surface area contributed by atoms with Crippen molar-refractivity contribution >= 4 is 22.8 Å². The van der Waals surface area contributed by atoms with Gasteiger partial charge in [0.2, 0.25) is 0 Å². The van der Waals surface area contributed by atoms with E-state index in [1.54, 1.807) is 0 Å². The molecule has 166 valence electrons. The van der Waals surface area contributed by atoms with Crippen LogP contribution in [0.5, 0.6) is 0 Å². The summed E-state index contributed by atoms with van der Waals surface area (Å²) >= 11 is 0. The lowest BCUT2D eigenvalue weighted by atomic mass is 9.75. The van der Waals surface area contributed by atoms with Crippen LogP contribution in [0.1, 0.15) is 74.5 Å². The predicted octanol–water partition coefficient (Wildman–Crippen LogP) is 5.27. The highest BCUT2D eigenvalue weighted by atomic mass is 16.6. The van der Waals surface area contributed by atoms with Gasteiger partial charge in [-0.1, -0.05) is 45.4 Å². The zero-order valence-corrected chi connectivity index (χ0v) is 18.9. The van der Waals surface area contributed by atoms with Gasteiger partial charge in [-0.25, -0.2) is 9.59 Å². The maximum absolute atomic E-state index is 13.1. The maximum atomic E-state index is 13.1. The third-order valence-electron chi connectivity index (χ3n) is 6.94. The molecule has 2 aliphatic rings. The molecule has 5 nitrogen and oxygen atoms in total. The van der Waals surface area contributed by atoms with E-state index in [0.29, 0.717) is 23.3 Å². The second-order valence-corrected chi connectivity index (χ2v) is 9.57. The summed E-state index contributed by atoms with van der Waals surface area (Å²) in [5, 5.41) is 0.794. The van der Waals surface area contributed by atoms with Crippen LogP contribution in [0, 0.1) is 17.8 Å². The molecule has 2 aliphatic carbocycles. The molecule has 0 spiro atoms. The van der Waals surface area contributed by atoms with Gasteiger partial charge in [0.25, 0.3) is 0 Å². The van der Waals surface area contributed by atoms with Crippen molar-refractivity contribution in [2.75, 3.05) is 6.61 Å². The first-order valence-electron chi connectivity index (χ1n) is 11.7. The minimum atomic E-state index is -0.453. The van der Waals surface area contributed by atoms with Crippen molar-refractivity contribution < 1.29 is 19.1 Å². The molecule has 3 atom stereocenters. The van der Waals surface area contributed by atoms with Crippen molar-refractivity contribution in [1.82, 2.24) is 4.98 Å². The van der Waals surface area contributed by atoms with Crippen LogP contribution in [0.4, 0.5) is 0 Å². The van der Waals surface area contributed by atoms with Crippen molar-refractivity contribution in [2.45, 2.75) is 71.8 Å². The average molecular weight is 424 g/mol. The Hall–Kier alpha value is -2.43. The lowest BCUT2D eigenvalue weighted by Gasteiger charge is -2.36. The summed E-state index contributed by atoms with van der Waals surface area (Å²) in [5.74, 6) is 0.469. The molecule has 1 heterocycles. The van der Waals surface area contributed by atoms with Gasteiger partial charge in [0, 0.05) is 11.1 Å². The zero-order chi connectivity index (χ0) is 22.0. The number of aromatic nitrogens is 1. The third-order valence-corrected chi connectivity index (χ3v) is 6.94. The molecule has 0 N–H and O–H groups in total. The number of carbonyl (C=O) groups is 2. The number of hydrogen-bond donors (Lipinski definition) is 0. The average Bonchev–Trinajstić information content (AvgIpc) is 2.75. The normalized spacial score (nSPS) is 23.4. The fourth-order valence-corrected chi connectivity index (χ4v) is 5.26. The molecule has 0 aliphatic heterocycles. The second-order valence-electron chi connectivity index (χ2n) is 9.57. The van der Waals surface area contributed by atoms with Crippen LogP contribution in [-0.2, 0) is 27.1 Å². The lowest BCUT2D eigenvalue weighted by Crippen LogP contribution is -2.36. The van der Waals surface area contributed by atoms with Gasteiger partial charge in [-0.05, 0) is 67.9 Å². The molecule has 0 unspecified atom stereocenters. The molecule has 1 saturated carbocycles. The largest absolute Gasteiger partial charge is 0.460 e. The number of carbonyl (C=O) groups excluding carboxylic acids is 2. The number of hydrogen-bond acceptors (Lipinski definition) is 5. The van der Waals surface area contributed by atoms with E-state index in [2.05, 4.69) is 20.8 Å². The summed E-state index contributed by atoms with van der Waals surface area (Å²) in [5.41, 5.74) is 3.33. The van der Waals surface area contributed by atoms with E-state index in [1.165, 1.54) is 6.42 Å². The minimum absolute atomic E-state index is 0.0931. The Morgan fingerprint density at radius 2 is 1.90 bits per heavy atom. The Bertz CT molecular complexity index is 967. The van der Waals surface area contributed by atoms with Crippen LogP contribution in [0.25, 0.3) is 10.9 Å². The summed E-state index contributed by atoms with van der Waals surface area (Å²) in [6.45, 7) is 6.22. The van der Waals surface area contributed by atoms with Gasteiger partial charge in [0.05, 0.1) is 11.1 Å². The van der Waals surface area contributed by atoms with Gasteiger partial charge < -0.3 is 9.47 Å². The van der Waals surface area contributed by atoms with Crippen molar-refractivity contribution in [3.63, 3.8) is 0 Å². The van der Waals surface area contributed by atoms with E-state index in [-0.39, 0.29) is 12.7 Å². The number of ether oxygens (including phenoxy) is 2. The van der Waals surface area contributed by atoms with Gasteiger partial charge in [0.15, 0.2) is 6.61 Å². The van der Waals surface area contributed by atoms with E-state index >= 15 is 0 Å². The fourth-order valence-electron chi connectivity index (χ4n) is 5.26. The number of nitrogens with zero attached hydrogens (tertiary/aromatic N) is 1. The topological polar surface area (TPSA) is 65.5 Å². The van der Waals surface area contributed by atoms with Crippen LogP contribution in [0.15, 0.2) is 24.3 Å². The van der Waals surface area contributed by atoms with Gasteiger partial charge in [-0.15, -0.1) is 0 Å². The monoisotopic (exact) mass is 423 g/mol. The number of benzene rings is 1. The maximum Gasteiger partial charge on any atom is 0.344 e. The lowest BCUT2D eigenvalue weighted by molar-refractivity contribution is -0.159. The molecule has 0 radical (unpaired) electrons. The Morgan fingerprint density at radius 1 is 1.13 bits per heavy atom. The second kappa shape index (κ2) is 9.37. The summed E-state index contributed by atoms with van der Waals surface area (Å²) in [6.07, 6.45) is 6.84. The number of fused-ring (bicyclic) bond motifs is 2. The molecule has 1 fully saturated rings. The molecule has 4 rings (SSSR count). The molecule has 0 amide bonds. The van der Waals surface area contributed by atoms with Crippen LogP contribution < -0.4 is 0 Å². The predicted molar refractivity (Wildman–Crippen MR) is 120 cm³/mol. The summed E-state index contributed by atoms with van der Waals surface area (Å²) < 4.78 is 11.3. The molecule has 31 heavy (non-hydrogen) atoms. The van der Waals surface area contributed by atoms with Gasteiger partial charge in [0.1, 0.15) is 6.10 Å². The summed E-state index contributed by atoms with van der Waals surface area (Å²) in [7, 11) is 0. The molecule has 1 aromatic heterocycles. The Balaban J connectivity index is 1.48. The number of para-hydroxylation sites is 1. The van der Waals surface area contributed by atoms with Gasteiger partial charge in [-0.3, -0.25) is 4.98 Å². The van der Waals surface area contributed by atoms with Crippen LogP contribution in [0.2, 0.25) is 0 Å². The van der Waals surface area contributed by atoms with Gasteiger partial charge in [-0.2, -0.15) is 0 Å². The smallest absolute Gasteiger partial charge is 0.344 e. The number of esters is 2. The Labute approximate surface area is 184 Å². The summed E-state index contributed by atoms with van der Waals surface area (Å²) in [6, 6.07) is 7.66. The SMILES string of the molecule is CC(C)[C@H]1CC[C@@H](C)C[C@@H]1OC(=O)COC(=O)c1c2c(nc3ccccc13)CCCC2. The van der Waals surface area contributed by atoms with Crippen molar-refractivity contribution in [2.24, 2.45) is 17.8 Å². The van der Waals surface area contributed by atoms with Crippen molar-refractivity contribution in [3.05, 3.63) is 41.1 Å². The van der Waals surface area contributed by atoms with E-state index in [9.17, 15) is 9.59 Å². The first-order valence-corrected chi connectivity index (χ1v) is 11.7. The fraction of sp³-hybridized carbons (Fsp3) is 0.577. The van der Waals surface area contributed by atoms with Gasteiger partial charge >= 0.3 is 11.9 Å². The highest BCUT2D eigenvalue weighted by Crippen LogP contribution is 2.35. The first-order chi connectivity index (χ1) is 14.9. The number of rotatable bonds is 5. The summed E-state index contributed by atoms with van der Waals surface area (Å²) in [4.78, 5) is 30.4. The highest BCUT2D eigenvalue weighted by Gasteiger charge is 2.33. The van der Waals surface area contributed by atoms with Crippen molar-refractivity contribution in [1.29, 1.82) is 0 Å². The van der Waals surface area contributed by atoms with E-state index in [1.807, 2.05) is 24.3 Å². The molecule has 5 heteroatoms. The molecule has 1 aromatic carbocycles. The molecule has 0 saturated heterocycles. The molecular formula is C26H33NO4. The third kappa shape index (κ3) is 4.76. The first kappa shape index (κ1) is 21.8. The number of aryl methyl sites for hydroxylation is 1. The molecule has 2 aromatic rings. The van der Waals surface area contributed by atoms with Crippen LogP contribution in [0.3, 0.4) is 0 Å². The minimum Gasteiger partial charge on any atom is -0.460 e. The molecular weight excluding hydrogens is 390 g/mol. The van der Waals surface area contributed by atoms with E-state index in [4.69, 9.17) is 14.5 Å². The molecule has 0 bridgehead atoms. The van der Waals surface area contributed by atoms with Crippen molar-refractivity contribution in [3.8, 4) is 0 Å². The highest BCUT2D eigenvalue weighted by molar-refractivity contribution is 6.05. The van der Waals surface area contributed by atoms with Crippen LogP contribution in [-0.4, -0.2) is 29.6 Å².